The number of fused-ring (bicyclic) bond motifs is 2. The van der Waals surface area contributed by atoms with Crippen molar-refractivity contribution in [2.24, 2.45) is 0 Å². The number of nitrogens with one attached hydrogen (secondary N) is 2. The highest BCUT2D eigenvalue weighted by molar-refractivity contribution is 7.10. The summed E-state index contributed by atoms with van der Waals surface area (Å²) in [5.41, 5.74) is 0. The van der Waals surface area contributed by atoms with Crippen molar-refractivity contribution in [1.82, 2.24) is 10.6 Å². The molecule has 6 nitrogen and oxygen atoms in total. The van der Waals surface area contributed by atoms with Gasteiger partial charge in [-0.2, -0.15) is 0 Å². The first-order valence-corrected chi connectivity index (χ1v) is 7.50. The van der Waals surface area contributed by atoms with Gasteiger partial charge in [-0.3, -0.25) is 0 Å². The first-order chi connectivity index (χ1) is 9.63. The lowest BCUT2D eigenvalue weighted by atomic mass is 9.96. The maximum Gasteiger partial charge on any atom is 0.331 e. The molecule has 3 N–H and O–H groups in total. The van der Waals surface area contributed by atoms with Gasteiger partial charge in [0.05, 0.1) is 18.2 Å². The summed E-state index contributed by atoms with van der Waals surface area (Å²) in [4.78, 5) is 23.8. The smallest absolute Gasteiger partial charge is 0.331 e. The molecule has 2 amide bonds. The van der Waals surface area contributed by atoms with Crippen LogP contribution in [-0.4, -0.2) is 35.4 Å². The zero-order valence-corrected chi connectivity index (χ0v) is 11.6. The van der Waals surface area contributed by atoms with Crippen LogP contribution in [0.15, 0.2) is 17.5 Å². The van der Waals surface area contributed by atoms with E-state index in [-0.39, 0.29) is 18.2 Å². The number of carbonyl (C=O) groups excluding carboxylic acids is 1. The topological polar surface area (TPSA) is 87.7 Å². The molecule has 1 aromatic heterocycles. The largest absolute Gasteiger partial charge is 0.479 e. The number of hydrogen-bond donors (Lipinski definition) is 3. The summed E-state index contributed by atoms with van der Waals surface area (Å²) in [7, 11) is 0. The lowest BCUT2D eigenvalue weighted by Gasteiger charge is -2.21. The number of aliphatic carboxylic acids is 1. The predicted octanol–water partition coefficient (Wildman–Crippen LogP) is 1.49. The second-order valence-electron chi connectivity index (χ2n) is 5.12. The van der Waals surface area contributed by atoms with Crippen molar-refractivity contribution < 1.29 is 19.4 Å². The maximum atomic E-state index is 11.9. The van der Waals surface area contributed by atoms with E-state index in [1.807, 2.05) is 0 Å². The second-order valence-corrected chi connectivity index (χ2v) is 6.10. The highest BCUT2D eigenvalue weighted by atomic mass is 32.1. The molecule has 2 bridgehead atoms. The minimum Gasteiger partial charge on any atom is -0.479 e. The minimum atomic E-state index is -1.06. The summed E-state index contributed by atoms with van der Waals surface area (Å²) >= 11 is 1.31. The van der Waals surface area contributed by atoms with Crippen molar-refractivity contribution in [3.05, 3.63) is 22.4 Å². The fourth-order valence-electron chi connectivity index (χ4n) is 2.84. The quantitative estimate of drug-likeness (QED) is 0.785. The van der Waals surface area contributed by atoms with Crippen molar-refractivity contribution in [2.45, 2.75) is 43.6 Å². The third-order valence-corrected chi connectivity index (χ3v) is 4.71. The van der Waals surface area contributed by atoms with Gasteiger partial charge in [-0.05, 0) is 30.7 Å². The molecule has 7 heteroatoms. The van der Waals surface area contributed by atoms with Crippen LogP contribution >= 0.6 is 11.3 Å². The molecular formula is C13H16N2O4S. The SMILES string of the molecule is O=C(NC(C(=O)O)c1cccs1)NC1CC2CCC1O2. The zero-order chi connectivity index (χ0) is 14.1. The maximum absolute atomic E-state index is 11.9. The summed E-state index contributed by atoms with van der Waals surface area (Å²) in [6.45, 7) is 0. The number of hydrogen-bond acceptors (Lipinski definition) is 4. The fraction of sp³-hybridized carbons (Fsp3) is 0.538. The van der Waals surface area contributed by atoms with E-state index in [4.69, 9.17) is 4.74 Å². The molecule has 0 aliphatic carbocycles. The van der Waals surface area contributed by atoms with E-state index in [1.54, 1.807) is 17.5 Å². The monoisotopic (exact) mass is 296 g/mol. The van der Waals surface area contributed by atoms with Crippen molar-refractivity contribution in [3.63, 3.8) is 0 Å². The van der Waals surface area contributed by atoms with E-state index < -0.39 is 18.0 Å². The van der Waals surface area contributed by atoms with Crippen molar-refractivity contribution >= 4 is 23.3 Å². The number of ether oxygens (including phenoxy) is 1. The molecule has 4 unspecified atom stereocenters. The number of rotatable bonds is 4. The van der Waals surface area contributed by atoms with Crippen LogP contribution in [0.25, 0.3) is 0 Å². The molecule has 0 radical (unpaired) electrons. The van der Waals surface area contributed by atoms with Gasteiger partial charge in [0, 0.05) is 4.88 Å². The van der Waals surface area contributed by atoms with Gasteiger partial charge in [0.25, 0.3) is 0 Å². The third-order valence-electron chi connectivity index (χ3n) is 3.77. The van der Waals surface area contributed by atoms with Crippen molar-refractivity contribution in [2.75, 3.05) is 0 Å². The Hall–Kier alpha value is -1.60. The molecule has 2 aliphatic heterocycles. The van der Waals surface area contributed by atoms with Crippen molar-refractivity contribution in [3.8, 4) is 0 Å². The van der Waals surface area contributed by atoms with E-state index in [1.165, 1.54) is 11.3 Å². The van der Waals surface area contributed by atoms with E-state index in [2.05, 4.69) is 10.6 Å². The summed E-state index contributed by atoms with van der Waals surface area (Å²) in [5.74, 6) is -1.06. The van der Waals surface area contributed by atoms with Crippen LogP contribution in [0.3, 0.4) is 0 Å². The molecular weight excluding hydrogens is 280 g/mol. The molecule has 1 aromatic rings. The zero-order valence-electron chi connectivity index (χ0n) is 10.7. The molecule has 20 heavy (non-hydrogen) atoms. The summed E-state index contributed by atoms with van der Waals surface area (Å²) in [6, 6.07) is 2.00. The lowest BCUT2D eigenvalue weighted by molar-refractivity contribution is -0.139. The summed E-state index contributed by atoms with van der Waals surface area (Å²) in [6.07, 6.45) is 3.16. The predicted molar refractivity (Wildman–Crippen MR) is 72.7 cm³/mol. The van der Waals surface area contributed by atoms with Gasteiger partial charge < -0.3 is 20.5 Å². The highest BCUT2D eigenvalue weighted by Gasteiger charge is 2.41. The van der Waals surface area contributed by atoms with Crippen LogP contribution in [0.5, 0.6) is 0 Å². The van der Waals surface area contributed by atoms with Crippen LogP contribution in [0.2, 0.25) is 0 Å². The second kappa shape index (κ2) is 5.41. The Kier molecular flexibility index (Phi) is 3.62. The van der Waals surface area contributed by atoms with E-state index in [0.717, 1.165) is 19.3 Å². The van der Waals surface area contributed by atoms with Crippen LogP contribution in [0.4, 0.5) is 4.79 Å². The summed E-state index contributed by atoms with van der Waals surface area (Å²) in [5, 5.41) is 16.3. The number of carboxylic acids is 1. The summed E-state index contributed by atoms with van der Waals surface area (Å²) < 4.78 is 5.65. The van der Waals surface area contributed by atoms with Gasteiger partial charge in [0.1, 0.15) is 0 Å². The van der Waals surface area contributed by atoms with Gasteiger partial charge in [-0.15, -0.1) is 11.3 Å². The molecule has 2 saturated heterocycles. The van der Waals surface area contributed by atoms with Gasteiger partial charge in [0.15, 0.2) is 6.04 Å². The van der Waals surface area contributed by atoms with Gasteiger partial charge >= 0.3 is 12.0 Å². The Labute approximate surface area is 120 Å². The average molecular weight is 296 g/mol. The molecule has 108 valence electrons. The van der Waals surface area contributed by atoms with Crippen LogP contribution in [-0.2, 0) is 9.53 Å². The lowest BCUT2D eigenvalue weighted by Crippen LogP contribution is -2.48. The first kappa shape index (κ1) is 13.4. The van der Waals surface area contributed by atoms with E-state index >= 15 is 0 Å². The van der Waals surface area contributed by atoms with E-state index in [0.29, 0.717) is 4.88 Å². The van der Waals surface area contributed by atoms with Crippen LogP contribution in [0.1, 0.15) is 30.2 Å². The Balaban J connectivity index is 1.58. The number of carbonyl (C=O) groups is 2. The number of amides is 2. The van der Waals surface area contributed by atoms with Gasteiger partial charge in [-0.1, -0.05) is 6.07 Å². The van der Waals surface area contributed by atoms with Crippen LogP contribution < -0.4 is 10.6 Å². The Morgan fingerprint density at radius 2 is 2.30 bits per heavy atom. The number of thiophene rings is 1. The minimum absolute atomic E-state index is 0.00784. The van der Waals surface area contributed by atoms with E-state index in [9.17, 15) is 14.7 Å². The Bertz CT molecular complexity index is 504. The molecule has 0 saturated carbocycles. The molecule has 2 fully saturated rings. The standard InChI is InChI=1S/C13H16N2O4S/c16-12(17)11(10-2-1-5-20-10)15-13(18)14-8-6-7-3-4-9(8)19-7/h1-2,5,7-9,11H,3-4,6H2,(H,16,17)(H2,14,15,18). The van der Waals surface area contributed by atoms with Crippen molar-refractivity contribution in [1.29, 1.82) is 0 Å². The molecule has 0 aromatic carbocycles. The molecule has 2 aliphatic rings. The molecule has 4 atom stereocenters. The fourth-order valence-corrected chi connectivity index (χ4v) is 3.61. The number of carboxylic acid groups (broad SMARTS) is 1. The Morgan fingerprint density at radius 1 is 1.45 bits per heavy atom. The normalized spacial score (nSPS) is 29.1. The van der Waals surface area contributed by atoms with Crippen LogP contribution in [0, 0.1) is 0 Å². The third kappa shape index (κ3) is 2.64. The average Bonchev–Trinajstić information content (AvgIpc) is 3.12. The first-order valence-electron chi connectivity index (χ1n) is 6.62. The van der Waals surface area contributed by atoms with Gasteiger partial charge in [0.2, 0.25) is 0 Å². The number of urea groups is 1. The molecule has 0 spiro atoms. The Morgan fingerprint density at radius 3 is 2.85 bits per heavy atom. The molecule has 3 rings (SSSR count). The molecule has 3 heterocycles. The van der Waals surface area contributed by atoms with Gasteiger partial charge in [-0.25, -0.2) is 9.59 Å². The highest BCUT2D eigenvalue weighted by Crippen LogP contribution is 2.34.